The Bertz CT molecular complexity index is 3450. The molecule has 0 nitrogen and oxygen atoms in total. The first-order chi connectivity index (χ1) is 29.0. The zero-order valence-corrected chi connectivity index (χ0v) is 33.1. The molecule has 0 saturated heterocycles. The lowest BCUT2D eigenvalue weighted by molar-refractivity contribution is 0.661. The topological polar surface area (TPSA) is 0 Å². The van der Waals surface area contributed by atoms with E-state index in [-0.39, 0.29) is 5.41 Å². The molecule has 0 bridgehead atoms. The molecule has 276 valence electrons. The van der Waals surface area contributed by atoms with E-state index in [9.17, 15) is 0 Å². The molecule has 0 saturated carbocycles. The van der Waals surface area contributed by atoms with E-state index in [0.717, 1.165) is 0 Å². The molecule has 0 heteroatoms. The highest BCUT2D eigenvalue weighted by Crippen LogP contribution is 2.51. The summed E-state index contributed by atoms with van der Waals surface area (Å²) in [6, 6.07) is 77.0. The predicted molar refractivity (Wildman–Crippen MR) is 253 cm³/mol. The van der Waals surface area contributed by atoms with E-state index in [1.165, 1.54) is 121 Å². The lowest BCUT2D eigenvalue weighted by atomic mass is 9.81. The molecule has 0 heterocycles. The minimum atomic E-state index is -0.0558. The van der Waals surface area contributed by atoms with Crippen LogP contribution >= 0.6 is 0 Å². The average molecular weight is 749 g/mol. The summed E-state index contributed by atoms with van der Waals surface area (Å²) in [6.45, 7) is 4.74. The Morgan fingerprint density at radius 2 is 0.712 bits per heavy atom. The second-order valence-electron chi connectivity index (χ2n) is 16.8. The SMILES string of the molecule is CC1(C)c2ccc(-c3cccc(-c4c5ccccc5c(-c5ccc(-c6cc7ccccc7c7ccccc67)cc5)c5ccccc45)c3)cc2-c2cc3ccccc3cc21. The molecule has 11 aromatic carbocycles. The van der Waals surface area contributed by atoms with Crippen molar-refractivity contribution < 1.29 is 0 Å². The summed E-state index contributed by atoms with van der Waals surface area (Å²) >= 11 is 0. The Balaban J connectivity index is 0.990. The first kappa shape index (κ1) is 33.8. The zero-order valence-electron chi connectivity index (χ0n) is 33.1. The zero-order chi connectivity index (χ0) is 39.2. The van der Waals surface area contributed by atoms with Gasteiger partial charge in [0, 0.05) is 5.41 Å². The van der Waals surface area contributed by atoms with Crippen LogP contribution in [0.25, 0.3) is 109 Å². The molecular formula is C59H40. The summed E-state index contributed by atoms with van der Waals surface area (Å²) in [7, 11) is 0. The molecule has 0 fully saturated rings. The van der Waals surface area contributed by atoms with Gasteiger partial charge in [-0.05, 0) is 151 Å². The summed E-state index contributed by atoms with van der Waals surface area (Å²) in [5.41, 5.74) is 15.4. The molecule has 12 rings (SSSR count). The van der Waals surface area contributed by atoms with Crippen LogP contribution in [0.1, 0.15) is 25.0 Å². The second-order valence-corrected chi connectivity index (χ2v) is 16.8. The molecule has 59 heavy (non-hydrogen) atoms. The lowest BCUT2D eigenvalue weighted by Gasteiger charge is -2.22. The summed E-state index contributed by atoms with van der Waals surface area (Å²) in [4.78, 5) is 0. The fraction of sp³-hybridized carbons (Fsp3) is 0.0508. The molecular weight excluding hydrogens is 709 g/mol. The minimum Gasteiger partial charge on any atom is -0.0616 e. The van der Waals surface area contributed by atoms with Gasteiger partial charge in [0.05, 0.1) is 0 Å². The number of fused-ring (bicyclic) bond motifs is 9. The Morgan fingerprint density at radius 3 is 1.39 bits per heavy atom. The molecule has 0 amide bonds. The Labute approximate surface area is 344 Å². The molecule has 0 unspecified atom stereocenters. The maximum Gasteiger partial charge on any atom is 0.0159 e. The van der Waals surface area contributed by atoms with Gasteiger partial charge < -0.3 is 0 Å². The predicted octanol–water partition coefficient (Wildman–Crippen LogP) is 16.4. The highest BCUT2D eigenvalue weighted by molar-refractivity contribution is 6.22. The fourth-order valence-electron chi connectivity index (χ4n) is 10.3. The van der Waals surface area contributed by atoms with Crippen molar-refractivity contribution in [2.24, 2.45) is 0 Å². The van der Waals surface area contributed by atoms with Crippen LogP contribution in [-0.2, 0) is 5.41 Å². The van der Waals surface area contributed by atoms with Crippen LogP contribution in [0.2, 0.25) is 0 Å². The van der Waals surface area contributed by atoms with E-state index in [0.29, 0.717) is 0 Å². The van der Waals surface area contributed by atoms with Crippen LogP contribution in [0.4, 0.5) is 0 Å². The third kappa shape index (κ3) is 5.16. The average Bonchev–Trinajstić information content (AvgIpc) is 3.51. The van der Waals surface area contributed by atoms with Crippen LogP contribution in [-0.4, -0.2) is 0 Å². The van der Waals surface area contributed by atoms with Gasteiger partial charge in [0.2, 0.25) is 0 Å². The highest BCUT2D eigenvalue weighted by Gasteiger charge is 2.36. The number of hydrogen-bond donors (Lipinski definition) is 0. The van der Waals surface area contributed by atoms with Crippen molar-refractivity contribution in [3.8, 4) is 55.6 Å². The van der Waals surface area contributed by atoms with E-state index in [1.807, 2.05) is 0 Å². The Kier molecular flexibility index (Phi) is 7.38. The molecule has 0 aromatic heterocycles. The van der Waals surface area contributed by atoms with Gasteiger partial charge in [0.1, 0.15) is 0 Å². The molecule has 0 N–H and O–H groups in total. The van der Waals surface area contributed by atoms with Crippen molar-refractivity contribution in [2.75, 3.05) is 0 Å². The van der Waals surface area contributed by atoms with Crippen molar-refractivity contribution in [3.63, 3.8) is 0 Å². The molecule has 0 atom stereocenters. The van der Waals surface area contributed by atoms with Gasteiger partial charge in [-0.1, -0.05) is 190 Å². The van der Waals surface area contributed by atoms with Gasteiger partial charge in [-0.15, -0.1) is 0 Å². The number of rotatable bonds is 4. The second kappa shape index (κ2) is 12.9. The highest BCUT2D eigenvalue weighted by atomic mass is 14.4. The number of hydrogen-bond acceptors (Lipinski definition) is 0. The van der Waals surface area contributed by atoms with E-state index >= 15 is 0 Å². The normalized spacial score (nSPS) is 13.1. The maximum absolute atomic E-state index is 2.43. The first-order valence-electron chi connectivity index (χ1n) is 20.7. The van der Waals surface area contributed by atoms with Crippen molar-refractivity contribution in [3.05, 3.63) is 217 Å². The molecule has 1 aliphatic carbocycles. The van der Waals surface area contributed by atoms with Crippen LogP contribution in [0.3, 0.4) is 0 Å². The van der Waals surface area contributed by atoms with E-state index in [1.54, 1.807) is 0 Å². The standard InChI is InChI=1S/C59H40/c1-59(2)55-31-30-42(34-53(55)54-33-40-14-3-4-15-41(40)36-56(54)59)39-17-13-18-44(32-39)58-50-24-11-9-22-48(50)57(49-23-10-12-25-51(49)58)38-28-26-37(27-29-38)52-35-43-16-5-6-19-45(43)46-20-7-8-21-47(46)52/h3-36H,1-2H3. The third-order valence-electron chi connectivity index (χ3n) is 13.2. The molecule has 0 radical (unpaired) electrons. The van der Waals surface area contributed by atoms with Gasteiger partial charge >= 0.3 is 0 Å². The molecule has 11 aromatic rings. The number of benzene rings is 11. The van der Waals surface area contributed by atoms with Gasteiger partial charge in [-0.3, -0.25) is 0 Å². The van der Waals surface area contributed by atoms with Gasteiger partial charge in [-0.2, -0.15) is 0 Å². The van der Waals surface area contributed by atoms with Crippen LogP contribution < -0.4 is 0 Å². The van der Waals surface area contributed by atoms with E-state index < -0.39 is 0 Å². The summed E-state index contributed by atoms with van der Waals surface area (Å²) in [6.07, 6.45) is 0. The molecule has 0 spiro atoms. The smallest absolute Gasteiger partial charge is 0.0159 e. The molecule has 1 aliphatic rings. The monoisotopic (exact) mass is 748 g/mol. The van der Waals surface area contributed by atoms with Crippen molar-refractivity contribution >= 4 is 53.9 Å². The van der Waals surface area contributed by atoms with Crippen LogP contribution in [0, 0.1) is 0 Å². The largest absolute Gasteiger partial charge is 0.0616 e. The van der Waals surface area contributed by atoms with Gasteiger partial charge in [0.15, 0.2) is 0 Å². The quantitative estimate of drug-likeness (QED) is 0.124. The summed E-state index contributed by atoms with van der Waals surface area (Å²) < 4.78 is 0. The minimum absolute atomic E-state index is 0.0558. The maximum atomic E-state index is 2.43. The fourth-order valence-corrected chi connectivity index (χ4v) is 10.3. The van der Waals surface area contributed by atoms with Crippen molar-refractivity contribution in [1.82, 2.24) is 0 Å². The van der Waals surface area contributed by atoms with Gasteiger partial charge in [0.25, 0.3) is 0 Å². The Morgan fingerprint density at radius 1 is 0.254 bits per heavy atom. The molecule has 0 aliphatic heterocycles. The van der Waals surface area contributed by atoms with E-state index in [4.69, 9.17) is 0 Å². The van der Waals surface area contributed by atoms with Crippen molar-refractivity contribution in [2.45, 2.75) is 19.3 Å². The first-order valence-corrected chi connectivity index (χ1v) is 20.7. The van der Waals surface area contributed by atoms with Crippen LogP contribution in [0.5, 0.6) is 0 Å². The van der Waals surface area contributed by atoms with E-state index in [2.05, 4.69) is 220 Å². The lowest BCUT2D eigenvalue weighted by Crippen LogP contribution is -2.14. The summed E-state index contributed by atoms with van der Waals surface area (Å²) in [5, 5.41) is 12.8. The van der Waals surface area contributed by atoms with Crippen LogP contribution in [0.15, 0.2) is 206 Å². The third-order valence-corrected chi connectivity index (χ3v) is 13.2. The van der Waals surface area contributed by atoms with Crippen molar-refractivity contribution in [1.29, 1.82) is 0 Å². The summed E-state index contributed by atoms with van der Waals surface area (Å²) in [5.74, 6) is 0. The Hall–Kier alpha value is -7.28. The van der Waals surface area contributed by atoms with Gasteiger partial charge in [-0.25, -0.2) is 0 Å².